The summed E-state index contributed by atoms with van der Waals surface area (Å²) in [7, 11) is 0. The van der Waals surface area contributed by atoms with Crippen molar-refractivity contribution >= 4 is 0 Å². The van der Waals surface area contributed by atoms with Crippen LogP contribution < -0.4 is 5.43 Å². The van der Waals surface area contributed by atoms with Gasteiger partial charge in [-0.3, -0.25) is 4.79 Å². The minimum absolute atomic E-state index is 0.384. The maximum Gasteiger partial charge on any atom is 0.264 e. The molecule has 1 heterocycles. The third-order valence-corrected chi connectivity index (χ3v) is 4.81. The summed E-state index contributed by atoms with van der Waals surface area (Å²) in [5.41, 5.74) is -0.697. The fourth-order valence-electron chi connectivity index (χ4n) is 3.22. The number of nitrogens with zero attached hydrogens (tertiary/aromatic N) is 1. The van der Waals surface area contributed by atoms with Gasteiger partial charge in [-0.2, -0.15) is 0 Å². The summed E-state index contributed by atoms with van der Waals surface area (Å²) in [5, 5.41) is 18.8. The second-order valence-electron chi connectivity index (χ2n) is 7.19. The van der Waals surface area contributed by atoms with Crippen LogP contribution >= 0.6 is 0 Å². The minimum Gasteiger partial charge on any atom is -0.503 e. The summed E-state index contributed by atoms with van der Waals surface area (Å²) in [6.45, 7) is 2.99. The average molecular weight is 352 g/mol. The van der Waals surface area contributed by atoms with Gasteiger partial charge in [0.25, 0.3) is 5.43 Å². The number of rotatable bonds is 15. The van der Waals surface area contributed by atoms with Gasteiger partial charge >= 0.3 is 0 Å². The van der Waals surface area contributed by atoms with Gasteiger partial charge in [0.1, 0.15) is 0 Å². The van der Waals surface area contributed by atoms with Crippen molar-refractivity contribution in [2.75, 3.05) is 0 Å². The zero-order valence-electron chi connectivity index (χ0n) is 16.0. The van der Waals surface area contributed by atoms with E-state index in [0.29, 0.717) is 0 Å². The number of aromatic hydroxyl groups is 2. The molecule has 0 aromatic carbocycles. The van der Waals surface area contributed by atoms with Crippen molar-refractivity contribution in [3.8, 4) is 11.5 Å². The SMILES string of the molecule is CCCCCCCCCCCCCCCCn1cc(O)c(=O)c(O)c1. The second-order valence-corrected chi connectivity index (χ2v) is 7.19. The van der Waals surface area contributed by atoms with Crippen LogP contribution in [0.1, 0.15) is 96.8 Å². The first-order valence-electron chi connectivity index (χ1n) is 10.3. The standard InChI is InChI=1S/C21H37NO3/c1-2-3-4-5-6-7-8-9-10-11-12-13-14-15-16-22-17-19(23)21(25)20(24)18-22/h17-18,23-24H,2-16H2,1H3. The molecule has 0 aliphatic carbocycles. The monoisotopic (exact) mass is 351 g/mol. The minimum atomic E-state index is -0.697. The zero-order chi connectivity index (χ0) is 18.3. The van der Waals surface area contributed by atoms with Crippen LogP contribution in [-0.2, 0) is 6.54 Å². The fraction of sp³-hybridized carbons (Fsp3) is 0.762. The molecule has 0 amide bonds. The van der Waals surface area contributed by atoms with Gasteiger partial charge in [0, 0.05) is 6.54 Å². The van der Waals surface area contributed by atoms with Crippen molar-refractivity contribution in [2.24, 2.45) is 0 Å². The molecule has 0 spiro atoms. The third-order valence-electron chi connectivity index (χ3n) is 4.81. The molecule has 0 fully saturated rings. The Morgan fingerprint density at radius 2 is 1.04 bits per heavy atom. The Morgan fingerprint density at radius 1 is 0.680 bits per heavy atom. The van der Waals surface area contributed by atoms with Gasteiger partial charge in [0.15, 0.2) is 11.5 Å². The Morgan fingerprint density at radius 3 is 1.44 bits per heavy atom. The van der Waals surface area contributed by atoms with E-state index in [1.807, 2.05) is 0 Å². The van der Waals surface area contributed by atoms with Gasteiger partial charge in [-0.15, -0.1) is 0 Å². The lowest BCUT2D eigenvalue weighted by Gasteiger charge is -2.07. The van der Waals surface area contributed by atoms with E-state index in [1.165, 1.54) is 89.4 Å². The molecular weight excluding hydrogens is 314 g/mol. The Bertz CT molecular complexity index is 484. The molecule has 0 unspecified atom stereocenters. The molecule has 0 bridgehead atoms. The van der Waals surface area contributed by atoms with Gasteiger partial charge in [0.05, 0.1) is 12.4 Å². The van der Waals surface area contributed by atoms with E-state index in [-0.39, 0.29) is 11.5 Å². The molecule has 1 aromatic rings. The lowest BCUT2D eigenvalue weighted by atomic mass is 10.0. The normalized spacial score (nSPS) is 11.1. The quantitative estimate of drug-likeness (QED) is 0.396. The first-order chi connectivity index (χ1) is 12.1. The van der Waals surface area contributed by atoms with Gasteiger partial charge < -0.3 is 14.8 Å². The number of aromatic nitrogens is 1. The Labute approximate surface area is 152 Å². The van der Waals surface area contributed by atoms with Crippen molar-refractivity contribution in [3.05, 3.63) is 22.6 Å². The lowest BCUT2D eigenvalue weighted by Crippen LogP contribution is -2.06. The van der Waals surface area contributed by atoms with Crippen LogP contribution in [0.15, 0.2) is 17.2 Å². The smallest absolute Gasteiger partial charge is 0.264 e. The highest BCUT2D eigenvalue weighted by atomic mass is 16.3. The highest BCUT2D eigenvalue weighted by molar-refractivity contribution is 5.26. The molecule has 0 radical (unpaired) electrons. The molecule has 0 aliphatic rings. The highest BCUT2D eigenvalue weighted by Crippen LogP contribution is 2.14. The summed E-state index contributed by atoms with van der Waals surface area (Å²) < 4.78 is 1.69. The molecular formula is C21H37NO3. The molecule has 0 atom stereocenters. The van der Waals surface area contributed by atoms with E-state index in [0.717, 1.165) is 19.4 Å². The van der Waals surface area contributed by atoms with E-state index in [2.05, 4.69) is 6.92 Å². The van der Waals surface area contributed by atoms with Gasteiger partial charge in [-0.25, -0.2) is 0 Å². The molecule has 4 nitrogen and oxygen atoms in total. The summed E-state index contributed by atoms with van der Waals surface area (Å²) in [4.78, 5) is 11.2. The summed E-state index contributed by atoms with van der Waals surface area (Å²) in [6, 6.07) is 0. The number of pyridine rings is 1. The molecule has 144 valence electrons. The summed E-state index contributed by atoms with van der Waals surface area (Å²) >= 11 is 0. The number of hydrogen-bond donors (Lipinski definition) is 2. The van der Waals surface area contributed by atoms with Crippen molar-refractivity contribution in [1.29, 1.82) is 0 Å². The van der Waals surface area contributed by atoms with Crippen molar-refractivity contribution in [2.45, 2.75) is 103 Å². The maximum absolute atomic E-state index is 11.2. The van der Waals surface area contributed by atoms with E-state index >= 15 is 0 Å². The maximum atomic E-state index is 11.2. The summed E-state index contributed by atoms with van der Waals surface area (Å²) in [6.07, 6.45) is 21.3. The van der Waals surface area contributed by atoms with E-state index in [4.69, 9.17) is 0 Å². The van der Waals surface area contributed by atoms with Gasteiger partial charge in [-0.1, -0.05) is 90.4 Å². The lowest BCUT2D eigenvalue weighted by molar-refractivity contribution is 0.423. The fourth-order valence-corrected chi connectivity index (χ4v) is 3.22. The van der Waals surface area contributed by atoms with Crippen LogP contribution in [0.2, 0.25) is 0 Å². The molecule has 25 heavy (non-hydrogen) atoms. The van der Waals surface area contributed by atoms with Crippen LogP contribution in [0.4, 0.5) is 0 Å². The van der Waals surface area contributed by atoms with Gasteiger partial charge in [0.2, 0.25) is 0 Å². The first-order valence-corrected chi connectivity index (χ1v) is 10.3. The number of hydrogen-bond acceptors (Lipinski definition) is 3. The summed E-state index contributed by atoms with van der Waals surface area (Å²) in [5.74, 6) is -0.768. The molecule has 0 saturated carbocycles. The number of aryl methyl sites for hydroxylation is 1. The highest BCUT2D eigenvalue weighted by Gasteiger charge is 2.04. The van der Waals surface area contributed by atoms with E-state index < -0.39 is 5.43 Å². The predicted octanol–water partition coefficient (Wildman–Crippen LogP) is 5.74. The molecule has 1 aromatic heterocycles. The van der Waals surface area contributed by atoms with Crippen molar-refractivity contribution in [1.82, 2.24) is 4.57 Å². The van der Waals surface area contributed by atoms with Crippen LogP contribution in [-0.4, -0.2) is 14.8 Å². The molecule has 1 rings (SSSR count). The Hall–Kier alpha value is -1.45. The van der Waals surface area contributed by atoms with Crippen LogP contribution in [0, 0.1) is 0 Å². The average Bonchev–Trinajstić information content (AvgIpc) is 2.60. The molecule has 4 heteroatoms. The predicted molar refractivity (Wildman–Crippen MR) is 104 cm³/mol. The van der Waals surface area contributed by atoms with Crippen molar-refractivity contribution < 1.29 is 10.2 Å². The number of unbranched alkanes of at least 4 members (excludes halogenated alkanes) is 13. The molecule has 2 N–H and O–H groups in total. The van der Waals surface area contributed by atoms with Gasteiger partial charge in [-0.05, 0) is 6.42 Å². The Kier molecular flexibility index (Phi) is 11.9. The van der Waals surface area contributed by atoms with Crippen LogP contribution in [0.5, 0.6) is 11.5 Å². The zero-order valence-corrected chi connectivity index (χ0v) is 16.0. The first kappa shape index (κ1) is 21.6. The molecule has 0 aliphatic heterocycles. The topological polar surface area (TPSA) is 62.5 Å². The van der Waals surface area contributed by atoms with E-state index in [1.54, 1.807) is 4.57 Å². The van der Waals surface area contributed by atoms with E-state index in [9.17, 15) is 15.0 Å². The van der Waals surface area contributed by atoms with Crippen LogP contribution in [0.3, 0.4) is 0 Å². The largest absolute Gasteiger partial charge is 0.503 e. The third kappa shape index (κ3) is 10.2. The Balaban J connectivity index is 1.90. The second kappa shape index (κ2) is 13.8. The molecule has 0 saturated heterocycles. The van der Waals surface area contributed by atoms with Crippen molar-refractivity contribution in [3.63, 3.8) is 0 Å². The van der Waals surface area contributed by atoms with Crippen LogP contribution in [0.25, 0.3) is 0 Å².